The summed E-state index contributed by atoms with van der Waals surface area (Å²) in [6, 6.07) is 26.4. The number of carbonyl (C=O) groups is 1. The zero-order chi connectivity index (χ0) is 25.9. The second-order valence-corrected chi connectivity index (χ2v) is 8.50. The summed E-state index contributed by atoms with van der Waals surface area (Å²) in [7, 11) is 3.09. The number of nitriles is 1. The smallest absolute Gasteiger partial charge is 0.315 e. The summed E-state index contributed by atoms with van der Waals surface area (Å²) in [5, 5.41) is 12.0. The molecule has 4 aromatic carbocycles. The molecule has 37 heavy (non-hydrogen) atoms. The van der Waals surface area contributed by atoms with E-state index in [0.717, 1.165) is 16.3 Å². The van der Waals surface area contributed by atoms with Crippen molar-refractivity contribution in [1.29, 1.82) is 5.26 Å². The van der Waals surface area contributed by atoms with E-state index in [9.17, 15) is 10.1 Å². The number of rotatable bonds is 6. The first-order valence-corrected chi connectivity index (χ1v) is 11.6. The van der Waals surface area contributed by atoms with Gasteiger partial charge in [0.25, 0.3) is 0 Å². The van der Waals surface area contributed by atoms with Gasteiger partial charge in [0.15, 0.2) is 11.5 Å². The molecule has 7 nitrogen and oxygen atoms in total. The minimum Gasteiger partial charge on any atom is -0.493 e. The van der Waals surface area contributed by atoms with Crippen LogP contribution >= 0.6 is 0 Å². The maximum absolute atomic E-state index is 12.8. The van der Waals surface area contributed by atoms with Crippen LogP contribution in [0.4, 0.5) is 0 Å². The number of benzene rings is 4. The Hall–Kier alpha value is -4.96. The fourth-order valence-electron chi connectivity index (χ4n) is 4.73. The normalized spacial score (nSPS) is 14.4. The van der Waals surface area contributed by atoms with Crippen molar-refractivity contribution in [2.75, 3.05) is 14.2 Å². The van der Waals surface area contributed by atoms with E-state index < -0.39 is 11.9 Å². The van der Waals surface area contributed by atoms with Crippen molar-refractivity contribution in [1.82, 2.24) is 0 Å². The number of methoxy groups -OCH3 is 2. The van der Waals surface area contributed by atoms with E-state index in [1.54, 1.807) is 38.5 Å². The molecule has 0 amide bonds. The Balaban J connectivity index is 1.47. The van der Waals surface area contributed by atoms with E-state index in [2.05, 4.69) is 6.07 Å². The van der Waals surface area contributed by atoms with Crippen molar-refractivity contribution in [2.24, 2.45) is 5.73 Å². The lowest BCUT2D eigenvalue weighted by atomic mass is 9.83. The van der Waals surface area contributed by atoms with Crippen LogP contribution in [0.2, 0.25) is 0 Å². The molecule has 2 N–H and O–H groups in total. The van der Waals surface area contributed by atoms with E-state index in [-0.39, 0.29) is 17.9 Å². The highest BCUT2D eigenvalue weighted by atomic mass is 16.5. The molecule has 0 bridgehead atoms. The Labute approximate surface area is 214 Å². The van der Waals surface area contributed by atoms with Crippen molar-refractivity contribution < 1.29 is 23.7 Å². The summed E-state index contributed by atoms with van der Waals surface area (Å²) in [5.74, 6) is 0.745. The molecule has 1 unspecified atom stereocenters. The third-order valence-electron chi connectivity index (χ3n) is 6.38. The second-order valence-electron chi connectivity index (χ2n) is 8.50. The molecule has 0 saturated heterocycles. The van der Waals surface area contributed by atoms with Crippen molar-refractivity contribution in [3.8, 4) is 29.1 Å². The molecule has 4 aromatic rings. The Kier molecular flexibility index (Phi) is 6.40. The molecule has 1 aliphatic heterocycles. The Morgan fingerprint density at radius 1 is 0.973 bits per heavy atom. The lowest BCUT2D eigenvalue weighted by Gasteiger charge is -2.28. The highest BCUT2D eigenvalue weighted by molar-refractivity contribution is 5.89. The van der Waals surface area contributed by atoms with Gasteiger partial charge in [-0.1, -0.05) is 60.7 Å². The number of para-hydroxylation sites is 1. The summed E-state index contributed by atoms with van der Waals surface area (Å²) in [6.45, 7) is 0. The minimum atomic E-state index is -0.556. The topological polar surface area (TPSA) is 104 Å². The van der Waals surface area contributed by atoms with Crippen LogP contribution in [0.15, 0.2) is 90.3 Å². The van der Waals surface area contributed by atoms with Gasteiger partial charge < -0.3 is 24.7 Å². The molecule has 1 heterocycles. The van der Waals surface area contributed by atoms with Gasteiger partial charge in [-0.3, -0.25) is 4.79 Å². The fraction of sp³-hybridized carbons (Fsp3) is 0.133. The number of hydrogen-bond donors (Lipinski definition) is 1. The lowest BCUT2D eigenvalue weighted by molar-refractivity contribution is -0.133. The summed E-state index contributed by atoms with van der Waals surface area (Å²) < 4.78 is 22.5. The van der Waals surface area contributed by atoms with Crippen LogP contribution in [-0.4, -0.2) is 20.2 Å². The molecule has 0 fully saturated rings. The number of ether oxygens (including phenoxy) is 4. The summed E-state index contributed by atoms with van der Waals surface area (Å²) in [5.41, 5.74) is 8.67. The van der Waals surface area contributed by atoms with E-state index >= 15 is 0 Å². The Morgan fingerprint density at radius 2 is 1.76 bits per heavy atom. The van der Waals surface area contributed by atoms with E-state index in [1.807, 2.05) is 54.6 Å². The van der Waals surface area contributed by atoms with Crippen molar-refractivity contribution >= 4 is 16.7 Å². The van der Waals surface area contributed by atoms with Gasteiger partial charge in [-0.25, -0.2) is 0 Å². The average Bonchev–Trinajstić information content (AvgIpc) is 2.91. The van der Waals surface area contributed by atoms with Gasteiger partial charge in [0.1, 0.15) is 23.1 Å². The first-order chi connectivity index (χ1) is 18.0. The molecule has 1 atom stereocenters. The van der Waals surface area contributed by atoms with Gasteiger partial charge in [-0.2, -0.15) is 5.26 Å². The number of nitrogens with two attached hydrogens (primary N) is 1. The molecule has 5 rings (SSSR count). The number of fused-ring (bicyclic) bond motifs is 2. The van der Waals surface area contributed by atoms with Crippen LogP contribution in [0, 0.1) is 11.3 Å². The number of esters is 1. The first-order valence-electron chi connectivity index (χ1n) is 11.6. The van der Waals surface area contributed by atoms with Gasteiger partial charge in [-0.05, 0) is 28.5 Å². The molecule has 0 spiro atoms. The summed E-state index contributed by atoms with van der Waals surface area (Å²) in [4.78, 5) is 12.8. The highest BCUT2D eigenvalue weighted by Crippen LogP contribution is 2.47. The van der Waals surface area contributed by atoms with Crippen molar-refractivity contribution in [3.05, 3.63) is 107 Å². The number of nitrogens with zero attached hydrogens (tertiary/aromatic N) is 1. The molecule has 0 aliphatic carbocycles. The zero-order valence-electron chi connectivity index (χ0n) is 20.4. The van der Waals surface area contributed by atoms with Crippen molar-refractivity contribution in [3.63, 3.8) is 0 Å². The summed E-state index contributed by atoms with van der Waals surface area (Å²) in [6.07, 6.45) is 0.115. The molecule has 7 heteroatoms. The Morgan fingerprint density at radius 3 is 2.54 bits per heavy atom. The van der Waals surface area contributed by atoms with Crippen LogP contribution in [0.25, 0.3) is 10.8 Å². The molecule has 1 aliphatic rings. The van der Waals surface area contributed by atoms with Crippen LogP contribution < -0.4 is 24.7 Å². The zero-order valence-corrected chi connectivity index (χ0v) is 20.4. The predicted octanol–water partition coefficient (Wildman–Crippen LogP) is 5.22. The average molecular weight is 493 g/mol. The van der Waals surface area contributed by atoms with Gasteiger partial charge >= 0.3 is 5.97 Å². The van der Waals surface area contributed by atoms with Crippen LogP contribution in [0.1, 0.15) is 22.6 Å². The molecular weight excluding hydrogens is 468 g/mol. The number of carbonyl (C=O) groups excluding carboxylic acids is 1. The standard InChI is InChI=1S/C30H24N2O5/c1-34-25-12-6-11-23(29(25)35-2)28-22-14-13-20(16-26(22)37-30(32)24(28)17-31)36-27(33)15-19-9-5-8-18-7-3-4-10-21(18)19/h3-14,16,28H,15,32H2,1-2H3. The molecule has 0 aromatic heterocycles. The van der Waals surface area contributed by atoms with Gasteiger partial charge in [0.05, 0.1) is 26.6 Å². The fourth-order valence-corrected chi connectivity index (χ4v) is 4.73. The van der Waals surface area contributed by atoms with Crippen LogP contribution in [0.3, 0.4) is 0 Å². The van der Waals surface area contributed by atoms with Crippen molar-refractivity contribution in [2.45, 2.75) is 12.3 Å². The molecule has 184 valence electrons. The predicted molar refractivity (Wildman–Crippen MR) is 139 cm³/mol. The van der Waals surface area contributed by atoms with E-state index in [4.69, 9.17) is 24.7 Å². The highest BCUT2D eigenvalue weighted by Gasteiger charge is 2.33. The Bertz CT molecular complexity index is 1580. The summed E-state index contributed by atoms with van der Waals surface area (Å²) >= 11 is 0. The largest absolute Gasteiger partial charge is 0.493 e. The quantitative estimate of drug-likeness (QED) is 0.291. The maximum atomic E-state index is 12.8. The number of hydrogen-bond acceptors (Lipinski definition) is 7. The molecule has 0 radical (unpaired) electrons. The SMILES string of the molecule is COc1cccc(C2C(C#N)=C(N)Oc3cc(OC(=O)Cc4cccc5ccccc45)ccc32)c1OC. The third-order valence-corrected chi connectivity index (χ3v) is 6.38. The first kappa shape index (κ1) is 23.8. The van der Waals surface area contributed by atoms with E-state index in [0.29, 0.717) is 34.1 Å². The van der Waals surface area contributed by atoms with Crippen LogP contribution in [-0.2, 0) is 11.2 Å². The second kappa shape index (κ2) is 9.96. The van der Waals surface area contributed by atoms with Gasteiger partial charge in [-0.15, -0.1) is 0 Å². The van der Waals surface area contributed by atoms with Gasteiger partial charge in [0, 0.05) is 17.2 Å². The molecular formula is C30H24N2O5. The van der Waals surface area contributed by atoms with Gasteiger partial charge in [0.2, 0.25) is 5.88 Å². The molecule has 0 saturated carbocycles. The maximum Gasteiger partial charge on any atom is 0.315 e. The third kappa shape index (κ3) is 4.41. The lowest BCUT2D eigenvalue weighted by Crippen LogP contribution is -2.21. The minimum absolute atomic E-state index is 0.0240. The van der Waals surface area contributed by atoms with Crippen LogP contribution in [0.5, 0.6) is 23.0 Å². The van der Waals surface area contributed by atoms with E-state index in [1.165, 1.54) is 0 Å². The monoisotopic (exact) mass is 492 g/mol. The number of allylic oxidation sites excluding steroid dienone is 1.